The van der Waals surface area contributed by atoms with E-state index in [0.717, 1.165) is 44.7 Å². The number of hydrogen-bond acceptors (Lipinski definition) is 3. The Kier molecular flexibility index (Phi) is 8.68. The first kappa shape index (κ1) is 34.5. The van der Waals surface area contributed by atoms with E-state index in [1.807, 2.05) is 42.5 Å². The SMILES string of the molecule is N#Cc1ccc([C@@H](c2ccccc2-c2ccccc2)c2ccc3ccc4c(N(c5ccc(C#N)cc5)c5ccccc5-c5ccccc5)ccc5ccc2c3c54)cc1. The minimum Gasteiger partial charge on any atom is -0.309 e. The topological polar surface area (TPSA) is 50.8 Å². The molecule has 0 spiro atoms. The zero-order valence-electron chi connectivity index (χ0n) is 31.5. The Morgan fingerprint density at radius 2 is 0.897 bits per heavy atom. The molecule has 0 heterocycles. The van der Waals surface area contributed by atoms with Crippen LogP contribution in [0, 0.1) is 22.7 Å². The molecule has 10 rings (SSSR count). The maximum Gasteiger partial charge on any atom is 0.0991 e. The predicted octanol–water partition coefficient (Wildman–Crippen LogP) is 14.3. The van der Waals surface area contributed by atoms with Crippen molar-refractivity contribution in [2.45, 2.75) is 5.92 Å². The van der Waals surface area contributed by atoms with Crippen LogP contribution in [0.3, 0.4) is 0 Å². The number of nitriles is 2. The van der Waals surface area contributed by atoms with Gasteiger partial charge in [0.25, 0.3) is 0 Å². The molecule has 58 heavy (non-hydrogen) atoms. The molecule has 0 radical (unpaired) electrons. The van der Waals surface area contributed by atoms with E-state index >= 15 is 0 Å². The van der Waals surface area contributed by atoms with E-state index in [1.165, 1.54) is 43.6 Å². The Bertz CT molecular complexity index is 2950. The lowest BCUT2D eigenvalue weighted by Crippen LogP contribution is -2.12. The van der Waals surface area contributed by atoms with Crippen molar-refractivity contribution in [3.05, 3.63) is 234 Å². The van der Waals surface area contributed by atoms with Crippen LogP contribution in [0.15, 0.2) is 206 Å². The Morgan fingerprint density at radius 1 is 0.379 bits per heavy atom. The van der Waals surface area contributed by atoms with Crippen LogP contribution in [0.2, 0.25) is 0 Å². The summed E-state index contributed by atoms with van der Waals surface area (Å²) in [7, 11) is 0. The molecule has 1 atom stereocenters. The molecule has 0 aliphatic rings. The van der Waals surface area contributed by atoms with Gasteiger partial charge in [0.1, 0.15) is 0 Å². The molecule has 3 nitrogen and oxygen atoms in total. The van der Waals surface area contributed by atoms with Crippen molar-refractivity contribution in [1.82, 2.24) is 0 Å². The van der Waals surface area contributed by atoms with Gasteiger partial charge in [0.2, 0.25) is 0 Å². The summed E-state index contributed by atoms with van der Waals surface area (Å²) < 4.78 is 0. The van der Waals surface area contributed by atoms with Crippen LogP contribution >= 0.6 is 0 Å². The summed E-state index contributed by atoms with van der Waals surface area (Å²) in [6, 6.07) is 77.1. The molecule has 0 fully saturated rings. The summed E-state index contributed by atoms with van der Waals surface area (Å²) in [5, 5.41) is 26.6. The van der Waals surface area contributed by atoms with E-state index < -0.39 is 0 Å². The Balaban J connectivity index is 1.24. The zero-order chi connectivity index (χ0) is 39.0. The second kappa shape index (κ2) is 14.6. The van der Waals surface area contributed by atoms with Gasteiger partial charge in [0, 0.05) is 22.6 Å². The third-order valence-corrected chi connectivity index (χ3v) is 11.4. The van der Waals surface area contributed by atoms with E-state index in [2.05, 4.69) is 181 Å². The number of rotatable bonds is 8. The molecule has 0 saturated heterocycles. The molecule has 10 aromatic rings. The van der Waals surface area contributed by atoms with Crippen molar-refractivity contribution in [2.24, 2.45) is 0 Å². The molecule has 0 aliphatic carbocycles. The summed E-state index contributed by atoms with van der Waals surface area (Å²) in [6.07, 6.45) is 0. The van der Waals surface area contributed by atoms with Crippen molar-refractivity contribution in [2.75, 3.05) is 4.90 Å². The Labute approximate surface area is 337 Å². The molecule has 10 aromatic carbocycles. The summed E-state index contributed by atoms with van der Waals surface area (Å²) in [5.41, 5.74) is 12.5. The number of benzene rings is 10. The largest absolute Gasteiger partial charge is 0.309 e. The van der Waals surface area contributed by atoms with Gasteiger partial charge in [-0.05, 0) is 109 Å². The van der Waals surface area contributed by atoms with Crippen LogP contribution < -0.4 is 4.90 Å². The fourth-order valence-corrected chi connectivity index (χ4v) is 8.78. The second-order valence-corrected chi connectivity index (χ2v) is 14.7. The highest BCUT2D eigenvalue weighted by molar-refractivity contribution is 6.26. The fraction of sp³-hybridized carbons (Fsp3) is 0.0182. The molecule has 3 heteroatoms. The van der Waals surface area contributed by atoms with E-state index in [1.54, 1.807) is 0 Å². The van der Waals surface area contributed by atoms with Gasteiger partial charge >= 0.3 is 0 Å². The van der Waals surface area contributed by atoms with Gasteiger partial charge in [-0.25, -0.2) is 0 Å². The van der Waals surface area contributed by atoms with E-state index in [-0.39, 0.29) is 5.92 Å². The molecular weight excluding hydrogens is 703 g/mol. The highest BCUT2D eigenvalue weighted by Gasteiger charge is 2.26. The lowest BCUT2D eigenvalue weighted by atomic mass is 9.78. The Hall–Kier alpha value is -7.98. The van der Waals surface area contributed by atoms with Crippen LogP contribution in [0.4, 0.5) is 17.1 Å². The van der Waals surface area contributed by atoms with Crippen molar-refractivity contribution in [3.8, 4) is 34.4 Å². The predicted molar refractivity (Wildman–Crippen MR) is 239 cm³/mol. The monoisotopic (exact) mass is 737 g/mol. The van der Waals surface area contributed by atoms with E-state index in [4.69, 9.17) is 0 Å². The summed E-state index contributed by atoms with van der Waals surface area (Å²) >= 11 is 0. The molecule has 0 aliphatic heterocycles. The van der Waals surface area contributed by atoms with E-state index in [0.29, 0.717) is 11.1 Å². The first-order chi connectivity index (χ1) is 28.7. The van der Waals surface area contributed by atoms with Gasteiger partial charge in [0.05, 0.1) is 34.6 Å². The molecule has 0 amide bonds. The minimum absolute atomic E-state index is 0.110. The second-order valence-electron chi connectivity index (χ2n) is 14.7. The average Bonchev–Trinajstić information content (AvgIpc) is 3.30. The molecule has 0 bridgehead atoms. The van der Waals surface area contributed by atoms with Crippen LogP contribution in [0.5, 0.6) is 0 Å². The van der Waals surface area contributed by atoms with Gasteiger partial charge in [-0.15, -0.1) is 0 Å². The van der Waals surface area contributed by atoms with Crippen LogP contribution in [-0.2, 0) is 0 Å². The number of para-hydroxylation sites is 1. The number of hydrogen-bond donors (Lipinski definition) is 0. The molecule has 0 unspecified atom stereocenters. The summed E-state index contributed by atoms with van der Waals surface area (Å²) in [5.74, 6) is -0.110. The van der Waals surface area contributed by atoms with Gasteiger partial charge in [-0.1, -0.05) is 158 Å². The van der Waals surface area contributed by atoms with Crippen LogP contribution in [0.25, 0.3) is 54.6 Å². The molecule has 0 saturated carbocycles. The lowest BCUT2D eigenvalue weighted by molar-refractivity contribution is 0.991. The fourth-order valence-electron chi connectivity index (χ4n) is 8.78. The third kappa shape index (κ3) is 5.91. The zero-order valence-corrected chi connectivity index (χ0v) is 31.5. The first-order valence-corrected chi connectivity index (χ1v) is 19.5. The van der Waals surface area contributed by atoms with Gasteiger partial charge in [-0.3, -0.25) is 0 Å². The van der Waals surface area contributed by atoms with Gasteiger partial charge in [0.15, 0.2) is 0 Å². The normalized spacial score (nSPS) is 11.7. The lowest BCUT2D eigenvalue weighted by Gasteiger charge is -2.30. The summed E-state index contributed by atoms with van der Waals surface area (Å²) in [6.45, 7) is 0. The van der Waals surface area contributed by atoms with Crippen molar-refractivity contribution in [1.29, 1.82) is 10.5 Å². The maximum atomic E-state index is 9.73. The van der Waals surface area contributed by atoms with E-state index in [9.17, 15) is 10.5 Å². The van der Waals surface area contributed by atoms with Gasteiger partial charge < -0.3 is 4.90 Å². The van der Waals surface area contributed by atoms with Crippen molar-refractivity contribution < 1.29 is 0 Å². The third-order valence-electron chi connectivity index (χ3n) is 11.4. The average molecular weight is 738 g/mol. The highest BCUT2D eigenvalue weighted by atomic mass is 15.1. The van der Waals surface area contributed by atoms with Crippen molar-refractivity contribution in [3.63, 3.8) is 0 Å². The number of nitrogens with zero attached hydrogens (tertiary/aromatic N) is 3. The van der Waals surface area contributed by atoms with Crippen molar-refractivity contribution >= 4 is 49.4 Å². The Morgan fingerprint density at radius 3 is 1.57 bits per heavy atom. The van der Waals surface area contributed by atoms with Crippen LogP contribution in [0.1, 0.15) is 33.7 Å². The molecule has 0 N–H and O–H groups in total. The molecule has 270 valence electrons. The summed E-state index contributed by atoms with van der Waals surface area (Å²) in [4.78, 5) is 2.34. The standard InChI is InChI=1S/C55H35N3/c56-35-37-19-23-41(24-20-37)53(47-17-8-7-15-45(47)39-11-3-1-4-12-39)48-31-25-42-27-33-50-52(34-28-43-26-32-49(48)54(42)55(43)50)58(44-29-21-38(36-57)22-30-44)51-18-10-9-16-46(51)40-13-5-2-6-14-40/h1-34,53H/t53-/m0/s1. The molecule has 0 aromatic heterocycles. The van der Waals surface area contributed by atoms with Crippen LogP contribution in [-0.4, -0.2) is 0 Å². The minimum atomic E-state index is -0.110. The highest BCUT2D eigenvalue weighted by Crippen LogP contribution is 2.48. The smallest absolute Gasteiger partial charge is 0.0991 e. The quantitative estimate of drug-likeness (QED) is 0.115. The number of anilines is 3. The van der Waals surface area contributed by atoms with Gasteiger partial charge in [-0.2, -0.15) is 10.5 Å². The first-order valence-electron chi connectivity index (χ1n) is 19.5. The molecular formula is C55H35N3. The maximum absolute atomic E-state index is 9.73.